The first-order valence-corrected chi connectivity index (χ1v) is 10.9. The van der Waals surface area contributed by atoms with Gasteiger partial charge in [-0.25, -0.2) is 8.42 Å². The number of benzene rings is 1. The number of furan rings is 1. The monoisotopic (exact) mass is 395 g/mol. The van der Waals surface area contributed by atoms with Crippen LogP contribution in [0.5, 0.6) is 0 Å². The first-order valence-electron chi connectivity index (χ1n) is 8.72. The van der Waals surface area contributed by atoms with E-state index in [2.05, 4.69) is 0 Å². The summed E-state index contributed by atoms with van der Waals surface area (Å²) in [6, 6.07) is 10.7. The van der Waals surface area contributed by atoms with Crippen LogP contribution in [0.3, 0.4) is 0 Å². The third kappa shape index (κ3) is 4.48. The summed E-state index contributed by atoms with van der Waals surface area (Å²) in [5.74, 6) is 1.48. The number of hydrogen-bond donors (Lipinski definition) is 0. The lowest BCUT2D eigenvalue weighted by Crippen LogP contribution is -2.40. The Kier molecular flexibility index (Phi) is 5.73. The second-order valence-corrected chi connectivity index (χ2v) is 9.27. The number of carbonyl (C=O) groups excluding carboxylic acids is 1. The van der Waals surface area contributed by atoms with Crippen LogP contribution < -0.4 is 0 Å². The highest BCUT2D eigenvalue weighted by molar-refractivity contribution is 7.91. The molecule has 7 heteroatoms. The molecule has 1 aliphatic rings. The Hall–Kier alpha value is -1.79. The molecule has 1 saturated heterocycles. The third-order valence-electron chi connectivity index (χ3n) is 4.55. The Morgan fingerprint density at radius 3 is 2.58 bits per heavy atom. The van der Waals surface area contributed by atoms with E-state index in [1.54, 1.807) is 17.0 Å². The molecule has 2 aromatic rings. The molecule has 1 amide bonds. The molecule has 0 bridgehead atoms. The van der Waals surface area contributed by atoms with Crippen molar-refractivity contribution in [2.45, 2.75) is 38.8 Å². The van der Waals surface area contributed by atoms with Gasteiger partial charge in [-0.15, -0.1) is 0 Å². The summed E-state index contributed by atoms with van der Waals surface area (Å²) in [6.45, 7) is 2.22. The molecule has 1 aromatic heterocycles. The zero-order chi connectivity index (χ0) is 18.7. The Balaban J connectivity index is 1.78. The van der Waals surface area contributed by atoms with Crippen LogP contribution >= 0.6 is 11.6 Å². The van der Waals surface area contributed by atoms with E-state index in [-0.39, 0.29) is 30.0 Å². The molecule has 1 aliphatic heterocycles. The largest absolute Gasteiger partial charge is 0.459 e. The molecule has 5 nitrogen and oxygen atoms in total. The zero-order valence-electron chi connectivity index (χ0n) is 14.7. The average Bonchev–Trinajstić information content (AvgIpc) is 3.20. The number of amides is 1. The molecule has 1 aromatic carbocycles. The number of carbonyl (C=O) groups is 1. The second kappa shape index (κ2) is 7.84. The lowest BCUT2D eigenvalue weighted by molar-refractivity contribution is -0.134. The van der Waals surface area contributed by atoms with Crippen molar-refractivity contribution >= 4 is 27.3 Å². The molecule has 140 valence electrons. The molecule has 2 heterocycles. The Morgan fingerprint density at radius 1 is 1.23 bits per heavy atom. The van der Waals surface area contributed by atoms with Crippen LogP contribution in [0.25, 0.3) is 11.3 Å². The van der Waals surface area contributed by atoms with Crippen molar-refractivity contribution in [3.63, 3.8) is 0 Å². The normalized spacial score (nSPS) is 18.8. The first-order chi connectivity index (χ1) is 12.4. The summed E-state index contributed by atoms with van der Waals surface area (Å²) >= 11 is 5.91. The molecule has 0 aliphatic carbocycles. The summed E-state index contributed by atoms with van der Waals surface area (Å²) in [6.07, 6.45) is 1.62. The van der Waals surface area contributed by atoms with Gasteiger partial charge in [-0.2, -0.15) is 0 Å². The minimum atomic E-state index is -3.06. The van der Waals surface area contributed by atoms with Crippen LogP contribution in [-0.2, 0) is 21.2 Å². The van der Waals surface area contributed by atoms with Crippen molar-refractivity contribution in [2.24, 2.45) is 0 Å². The van der Waals surface area contributed by atoms with Gasteiger partial charge < -0.3 is 9.32 Å². The van der Waals surface area contributed by atoms with Crippen molar-refractivity contribution in [3.05, 3.63) is 47.2 Å². The van der Waals surface area contributed by atoms with Gasteiger partial charge in [0.05, 0.1) is 18.1 Å². The number of halogens is 1. The van der Waals surface area contributed by atoms with Crippen molar-refractivity contribution in [3.8, 4) is 11.3 Å². The van der Waals surface area contributed by atoms with Gasteiger partial charge in [-0.3, -0.25) is 4.79 Å². The standard InChI is InChI=1S/C19H22ClNO4S/c1-2-3-19(22)21(16-10-11-26(23,24)13-16)12-17-8-9-18(25-17)14-4-6-15(20)7-5-14/h4-9,16H,2-3,10-13H2,1H3/t16-/m0/s1. The fourth-order valence-corrected chi connectivity index (χ4v) is 5.06. The predicted octanol–water partition coefficient (Wildman–Crippen LogP) is 3.92. The fourth-order valence-electron chi connectivity index (χ4n) is 3.20. The number of hydrogen-bond acceptors (Lipinski definition) is 4. The fraction of sp³-hybridized carbons (Fsp3) is 0.421. The second-order valence-electron chi connectivity index (χ2n) is 6.60. The van der Waals surface area contributed by atoms with Gasteiger partial charge in [0.25, 0.3) is 0 Å². The number of rotatable bonds is 6. The van der Waals surface area contributed by atoms with E-state index in [0.29, 0.717) is 29.4 Å². The van der Waals surface area contributed by atoms with Gasteiger partial charge in [-0.05, 0) is 49.2 Å². The van der Waals surface area contributed by atoms with E-state index in [1.807, 2.05) is 31.2 Å². The van der Waals surface area contributed by atoms with E-state index in [4.69, 9.17) is 16.0 Å². The highest BCUT2D eigenvalue weighted by Crippen LogP contribution is 2.26. The van der Waals surface area contributed by atoms with Crippen LogP contribution in [0.15, 0.2) is 40.8 Å². The number of nitrogens with zero attached hydrogens (tertiary/aromatic N) is 1. The van der Waals surface area contributed by atoms with Gasteiger partial charge >= 0.3 is 0 Å². The smallest absolute Gasteiger partial charge is 0.223 e. The highest BCUT2D eigenvalue weighted by Gasteiger charge is 2.34. The van der Waals surface area contributed by atoms with Gasteiger partial charge in [0.15, 0.2) is 9.84 Å². The number of sulfone groups is 1. The summed E-state index contributed by atoms with van der Waals surface area (Å²) in [4.78, 5) is 14.2. The van der Waals surface area contributed by atoms with Crippen molar-refractivity contribution in [1.29, 1.82) is 0 Å². The van der Waals surface area contributed by atoms with Crippen molar-refractivity contribution < 1.29 is 17.6 Å². The molecule has 3 rings (SSSR count). The minimum absolute atomic E-state index is 0.0287. The van der Waals surface area contributed by atoms with Crippen molar-refractivity contribution in [1.82, 2.24) is 4.90 Å². The van der Waals surface area contributed by atoms with Crippen molar-refractivity contribution in [2.75, 3.05) is 11.5 Å². The van der Waals surface area contributed by atoms with Crippen LogP contribution in [0.2, 0.25) is 5.02 Å². The first kappa shape index (κ1) is 19.0. The Labute approximate surface area is 158 Å². The average molecular weight is 396 g/mol. The molecule has 0 radical (unpaired) electrons. The van der Waals surface area contributed by atoms with Crippen LogP contribution in [0.1, 0.15) is 31.9 Å². The van der Waals surface area contributed by atoms with E-state index in [9.17, 15) is 13.2 Å². The summed E-state index contributed by atoms with van der Waals surface area (Å²) in [7, 11) is -3.06. The maximum absolute atomic E-state index is 12.5. The topological polar surface area (TPSA) is 67.6 Å². The lowest BCUT2D eigenvalue weighted by atomic mass is 10.1. The quantitative estimate of drug-likeness (QED) is 0.743. The van der Waals surface area contributed by atoms with E-state index in [1.165, 1.54) is 0 Å². The van der Waals surface area contributed by atoms with E-state index < -0.39 is 9.84 Å². The predicted molar refractivity (Wildman–Crippen MR) is 102 cm³/mol. The highest BCUT2D eigenvalue weighted by atomic mass is 35.5. The molecular weight excluding hydrogens is 374 g/mol. The molecule has 1 fully saturated rings. The zero-order valence-corrected chi connectivity index (χ0v) is 16.2. The SMILES string of the molecule is CCCC(=O)N(Cc1ccc(-c2ccc(Cl)cc2)o1)[C@H]1CCS(=O)(=O)C1. The minimum Gasteiger partial charge on any atom is -0.459 e. The van der Waals surface area contributed by atoms with Crippen LogP contribution in [-0.4, -0.2) is 36.8 Å². The molecule has 0 N–H and O–H groups in total. The molecule has 0 saturated carbocycles. The van der Waals surface area contributed by atoms with E-state index >= 15 is 0 Å². The summed E-state index contributed by atoms with van der Waals surface area (Å²) in [5.41, 5.74) is 0.899. The van der Waals surface area contributed by atoms with Gasteiger partial charge in [0, 0.05) is 23.0 Å². The van der Waals surface area contributed by atoms with Gasteiger partial charge in [0.2, 0.25) is 5.91 Å². The van der Waals surface area contributed by atoms with Crippen LogP contribution in [0, 0.1) is 0 Å². The molecule has 26 heavy (non-hydrogen) atoms. The van der Waals surface area contributed by atoms with Crippen LogP contribution in [0.4, 0.5) is 0 Å². The lowest BCUT2D eigenvalue weighted by Gasteiger charge is -2.27. The molecule has 1 atom stereocenters. The third-order valence-corrected chi connectivity index (χ3v) is 6.55. The Morgan fingerprint density at radius 2 is 1.96 bits per heavy atom. The molecule has 0 spiro atoms. The molecular formula is C19H22ClNO4S. The maximum Gasteiger partial charge on any atom is 0.223 e. The Bertz CT molecular complexity index is 873. The summed E-state index contributed by atoms with van der Waals surface area (Å²) < 4.78 is 29.5. The van der Waals surface area contributed by atoms with E-state index in [0.717, 1.165) is 12.0 Å². The van der Waals surface area contributed by atoms with Gasteiger partial charge in [-0.1, -0.05) is 18.5 Å². The molecule has 0 unspecified atom stereocenters. The maximum atomic E-state index is 12.5. The van der Waals surface area contributed by atoms with Gasteiger partial charge in [0.1, 0.15) is 11.5 Å². The summed E-state index contributed by atoms with van der Waals surface area (Å²) in [5, 5.41) is 0.652.